The molecule has 8 aromatic rings. The topological polar surface area (TPSA) is 43.6 Å². The van der Waals surface area contributed by atoms with Gasteiger partial charge in [-0.2, -0.15) is 9.97 Å². The third-order valence-corrected chi connectivity index (χ3v) is 9.22. The maximum absolute atomic E-state index is 5.12. The molecule has 9 rings (SSSR count). The smallest absolute Gasteiger partial charge is 0.238 e. The molecule has 44 heavy (non-hydrogen) atoms. The number of hydrogen-bond donors (Lipinski definition) is 0. The number of hydrogen-bond acceptors (Lipinski definition) is 3. The van der Waals surface area contributed by atoms with Crippen LogP contribution in [0.2, 0.25) is 0 Å². The lowest BCUT2D eigenvalue weighted by atomic mass is 9.81. The summed E-state index contributed by atoms with van der Waals surface area (Å²) in [6.07, 6.45) is 0. The summed E-state index contributed by atoms with van der Waals surface area (Å²) in [5.74, 6) is 1.92. The number of aromatic nitrogens is 4. The molecule has 4 heteroatoms. The van der Waals surface area contributed by atoms with Gasteiger partial charge in [0.15, 0.2) is 11.6 Å². The third-order valence-electron chi connectivity index (χ3n) is 9.22. The van der Waals surface area contributed by atoms with E-state index in [1.165, 1.54) is 43.8 Å². The van der Waals surface area contributed by atoms with Crippen LogP contribution in [0.25, 0.3) is 72.4 Å². The highest BCUT2D eigenvalue weighted by molar-refractivity contribution is 6.11. The number of nitrogens with zero attached hydrogens (tertiary/aromatic N) is 4. The molecular formula is C40H28N4. The van der Waals surface area contributed by atoms with E-state index >= 15 is 0 Å². The predicted molar refractivity (Wildman–Crippen MR) is 180 cm³/mol. The van der Waals surface area contributed by atoms with Gasteiger partial charge in [0.05, 0.1) is 11.0 Å². The fraction of sp³-hybridized carbons (Fsp3) is 0.0750. The fourth-order valence-electron chi connectivity index (χ4n) is 6.99. The lowest BCUT2D eigenvalue weighted by Gasteiger charge is -2.22. The second kappa shape index (κ2) is 9.19. The van der Waals surface area contributed by atoms with Gasteiger partial charge < -0.3 is 0 Å². The minimum absolute atomic E-state index is 0.159. The van der Waals surface area contributed by atoms with Crippen molar-refractivity contribution in [1.82, 2.24) is 19.5 Å². The number of rotatable bonds is 3. The number of fused-ring (bicyclic) bond motifs is 7. The first-order valence-electron chi connectivity index (χ1n) is 15.0. The van der Waals surface area contributed by atoms with Crippen LogP contribution in [0, 0.1) is 0 Å². The van der Waals surface area contributed by atoms with E-state index in [9.17, 15) is 0 Å². The van der Waals surface area contributed by atoms with Crippen molar-refractivity contribution in [2.24, 2.45) is 0 Å². The van der Waals surface area contributed by atoms with Crippen molar-refractivity contribution in [2.75, 3.05) is 0 Å². The van der Waals surface area contributed by atoms with Crippen molar-refractivity contribution in [3.63, 3.8) is 0 Å². The first-order valence-corrected chi connectivity index (χ1v) is 15.0. The van der Waals surface area contributed by atoms with Crippen LogP contribution in [0.15, 0.2) is 133 Å². The second-order valence-corrected chi connectivity index (χ2v) is 12.2. The average Bonchev–Trinajstić information content (AvgIpc) is 3.51. The Morgan fingerprint density at radius 3 is 1.70 bits per heavy atom. The van der Waals surface area contributed by atoms with Crippen LogP contribution in [-0.4, -0.2) is 19.5 Å². The molecule has 0 radical (unpaired) electrons. The van der Waals surface area contributed by atoms with E-state index in [1.807, 2.05) is 36.4 Å². The number of benzene rings is 6. The highest BCUT2D eigenvalue weighted by atomic mass is 15.2. The molecule has 0 aliphatic heterocycles. The summed E-state index contributed by atoms with van der Waals surface area (Å²) >= 11 is 0. The highest BCUT2D eigenvalue weighted by Gasteiger charge is 2.37. The molecule has 0 amide bonds. The zero-order valence-electron chi connectivity index (χ0n) is 24.5. The Morgan fingerprint density at radius 2 is 1.02 bits per heavy atom. The van der Waals surface area contributed by atoms with Crippen LogP contribution in [0.1, 0.15) is 25.0 Å². The van der Waals surface area contributed by atoms with Crippen LogP contribution < -0.4 is 0 Å². The molecule has 6 aromatic carbocycles. The zero-order chi connectivity index (χ0) is 29.4. The van der Waals surface area contributed by atoms with E-state index in [0.29, 0.717) is 17.6 Å². The Kier molecular flexibility index (Phi) is 5.21. The average molecular weight is 565 g/mol. The van der Waals surface area contributed by atoms with E-state index < -0.39 is 0 Å². The lowest BCUT2D eigenvalue weighted by Crippen LogP contribution is -2.15. The molecule has 4 nitrogen and oxygen atoms in total. The second-order valence-electron chi connectivity index (χ2n) is 12.2. The SMILES string of the molecule is CC1(C)c2cc3ccccc3cc2-c2cc3c4ccccc4n(-c4nc(-c5ccccc5)nc(-c5ccccc5)n4)c3cc21. The minimum Gasteiger partial charge on any atom is -0.278 e. The van der Waals surface area contributed by atoms with Crippen molar-refractivity contribution < 1.29 is 0 Å². The Bertz CT molecular complexity index is 2350. The van der Waals surface area contributed by atoms with Crippen molar-refractivity contribution in [3.05, 3.63) is 145 Å². The first-order chi connectivity index (χ1) is 21.6. The molecule has 0 fully saturated rings. The summed E-state index contributed by atoms with van der Waals surface area (Å²) in [5.41, 5.74) is 9.24. The van der Waals surface area contributed by atoms with Gasteiger partial charge in [-0.05, 0) is 63.4 Å². The third kappa shape index (κ3) is 3.61. The first kappa shape index (κ1) is 24.9. The Morgan fingerprint density at radius 1 is 0.477 bits per heavy atom. The molecule has 208 valence electrons. The van der Waals surface area contributed by atoms with Gasteiger partial charge in [-0.15, -0.1) is 0 Å². The minimum atomic E-state index is -0.159. The Balaban J connectivity index is 1.35. The van der Waals surface area contributed by atoms with E-state index in [-0.39, 0.29) is 5.41 Å². The molecular weight excluding hydrogens is 536 g/mol. The van der Waals surface area contributed by atoms with Gasteiger partial charge in [0, 0.05) is 27.3 Å². The van der Waals surface area contributed by atoms with E-state index in [0.717, 1.165) is 22.2 Å². The maximum atomic E-state index is 5.12. The van der Waals surface area contributed by atoms with Crippen molar-refractivity contribution in [1.29, 1.82) is 0 Å². The van der Waals surface area contributed by atoms with Crippen LogP contribution >= 0.6 is 0 Å². The quantitative estimate of drug-likeness (QED) is 0.215. The summed E-state index contributed by atoms with van der Waals surface area (Å²) in [4.78, 5) is 15.2. The summed E-state index contributed by atoms with van der Waals surface area (Å²) in [7, 11) is 0. The molecule has 1 aliphatic rings. The fourth-order valence-corrected chi connectivity index (χ4v) is 6.99. The van der Waals surface area contributed by atoms with Gasteiger partial charge in [0.2, 0.25) is 5.95 Å². The monoisotopic (exact) mass is 564 g/mol. The standard InChI is InChI=1S/C40H28N4/c1-40(2)33-22-28-18-10-9-17-27(28)21-30(33)31-23-32-29-19-11-12-20-35(29)44(36(32)24-34(31)40)39-42-37(25-13-5-3-6-14-25)41-38(43-39)26-15-7-4-8-16-26/h3-24H,1-2H3. The molecule has 0 bridgehead atoms. The number of para-hydroxylation sites is 1. The van der Waals surface area contributed by atoms with Crippen LogP contribution in [0.4, 0.5) is 0 Å². The van der Waals surface area contributed by atoms with Crippen molar-refractivity contribution in [2.45, 2.75) is 19.3 Å². The molecule has 0 atom stereocenters. The molecule has 1 aliphatic carbocycles. The summed E-state index contributed by atoms with van der Waals surface area (Å²) in [5, 5.41) is 4.92. The van der Waals surface area contributed by atoms with E-state index in [4.69, 9.17) is 15.0 Å². The Hall–Kier alpha value is -5.61. The molecule has 2 aromatic heterocycles. The zero-order valence-corrected chi connectivity index (χ0v) is 24.5. The van der Waals surface area contributed by atoms with Crippen LogP contribution in [0.5, 0.6) is 0 Å². The van der Waals surface area contributed by atoms with Gasteiger partial charge in [-0.25, -0.2) is 4.98 Å². The Labute approximate surface area is 255 Å². The van der Waals surface area contributed by atoms with Crippen LogP contribution in [0.3, 0.4) is 0 Å². The highest BCUT2D eigenvalue weighted by Crippen LogP contribution is 2.52. The van der Waals surface area contributed by atoms with Gasteiger partial charge >= 0.3 is 0 Å². The van der Waals surface area contributed by atoms with Gasteiger partial charge in [0.25, 0.3) is 0 Å². The van der Waals surface area contributed by atoms with Gasteiger partial charge in [-0.1, -0.05) is 117 Å². The van der Waals surface area contributed by atoms with E-state index in [1.54, 1.807) is 0 Å². The van der Waals surface area contributed by atoms with Crippen molar-refractivity contribution >= 4 is 32.6 Å². The van der Waals surface area contributed by atoms with Gasteiger partial charge in [0.1, 0.15) is 0 Å². The normalized spacial score (nSPS) is 13.4. The molecule has 0 spiro atoms. The summed E-state index contributed by atoms with van der Waals surface area (Å²) in [6, 6.07) is 47.1. The molecule has 0 saturated heterocycles. The molecule has 2 heterocycles. The molecule has 0 unspecified atom stereocenters. The van der Waals surface area contributed by atoms with Crippen LogP contribution in [-0.2, 0) is 5.41 Å². The summed E-state index contributed by atoms with van der Waals surface area (Å²) in [6.45, 7) is 4.68. The lowest BCUT2D eigenvalue weighted by molar-refractivity contribution is 0.661. The predicted octanol–water partition coefficient (Wildman–Crippen LogP) is 9.76. The largest absolute Gasteiger partial charge is 0.278 e. The van der Waals surface area contributed by atoms with Gasteiger partial charge in [-0.3, -0.25) is 4.57 Å². The maximum Gasteiger partial charge on any atom is 0.238 e. The van der Waals surface area contributed by atoms with Crippen molar-refractivity contribution in [3.8, 4) is 39.9 Å². The molecule has 0 N–H and O–H groups in total. The van der Waals surface area contributed by atoms with E-state index in [2.05, 4.69) is 115 Å². The molecule has 0 saturated carbocycles. The summed E-state index contributed by atoms with van der Waals surface area (Å²) < 4.78 is 2.22.